The van der Waals surface area contributed by atoms with Gasteiger partial charge in [-0.15, -0.1) is 0 Å². The zero-order chi connectivity index (χ0) is 75.1. The van der Waals surface area contributed by atoms with Crippen LogP contribution in [0.1, 0.15) is 11.1 Å². The van der Waals surface area contributed by atoms with Crippen LogP contribution in [0.15, 0.2) is 291 Å². The second-order valence-corrected chi connectivity index (χ2v) is 30.0. The Morgan fingerprint density at radius 2 is 0.366 bits per heavy atom. The molecule has 0 bridgehead atoms. The Morgan fingerprint density at radius 1 is 0.143 bits per heavy atom. The lowest BCUT2D eigenvalue weighted by atomic mass is 9.81. The summed E-state index contributed by atoms with van der Waals surface area (Å²) in [4.78, 5) is 0. The smallest absolute Gasteiger partial charge is 0.118 e. The summed E-state index contributed by atoms with van der Waals surface area (Å²) in [6.07, 6.45) is 0. The highest BCUT2D eigenvalue weighted by Gasteiger charge is 2.36. The topological polar surface area (TPSA) is 55.4 Å². The minimum absolute atomic E-state index is 0.807. The van der Waals surface area contributed by atoms with E-state index in [4.69, 9.17) is 28.4 Å². The van der Waals surface area contributed by atoms with E-state index in [-0.39, 0.29) is 0 Å². The zero-order valence-corrected chi connectivity index (χ0v) is 63.2. The highest BCUT2D eigenvalue weighted by molar-refractivity contribution is 6.48. The number of methoxy groups -OCH3 is 6. The molecule has 0 radical (unpaired) electrons. The average Bonchev–Trinajstić information content (AvgIpc) is 1.47. The molecular formula is C106H72O6. The molecule has 0 atom stereocenters. The maximum Gasteiger partial charge on any atom is 0.118 e. The molecule has 2 aliphatic carbocycles. The number of ether oxygens (including phenoxy) is 6. The van der Waals surface area contributed by atoms with Crippen molar-refractivity contribution >= 4 is 97.0 Å². The highest BCUT2D eigenvalue weighted by atomic mass is 16.5. The van der Waals surface area contributed by atoms with Gasteiger partial charge in [-0.25, -0.2) is 0 Å². The summed E-state index contributed by atoms with van der Waals surface area (Å²) in [6.45, 7) is 4.64. The van der Waals surface area contributed by atoms with E-state index in [1.165, 1.54) is 208 Å². The van der Waals surface area contributed by atoms with Gasteiger partial charge in [-0.1, -0.05) is 218 Å². The first-order valence-electron chi connectivity index (χ1n) is 38.3. The van der Waals surface area contributed by atoms with Crippen LogP contribution in [-0.2, 0) is 0 Å². The van der Waals surface area contributed by atoms with Gasteiger partial charge in [0.25, 0.3) is 0 Å². The summed E-state index contributed by atoms with van der Waals surface area (Å²) < 4.78 is 34.8. The molecule has 0 saturated carbocycles. The summed E-state index contributed by atoms with van der Waals surface area (Å²) in [7, 11) is 10.4. The van der Waals surface area contributed by atoms with E-state index >= 15 is 0 Å². The molecule has 0 spiro atoms. The molecule has 0 unspecified atom stereocenters. The zero-order valence-electron chi connectivity index (χ0n) is 63.2. The molecule has 0 fully saturated rings. The van der Waals surface area contributed by atoms with Crippen molar-refractivity contribution in [2.45, 2.75) is 13.8 Å². The molecule has 22 rings (SSSR count). The molecule has 0 N–H and O–H groups in total. The van der Waals surface area contributed by atoms with Gasteiger partial charge in [0, 0.05) is 0 Å². The van der Waals surface area contributed by atoms with Crippen LogP contribution in [0.2, 0.25) is 0 Å². The number of hydrogen-bond acceptors (Lipinski definition) is 6. The monoisotopic (exact) mass is 1440 g/mol. The van der Waals surface area contributed by atoms with Gasteiger partial charge in [-0.3, -0.25) is 0 Å². The van der Waals surface area contributed by atoms with Gasteiger partial charge >= 0.3 is 0 Å². The van der Waals surface area contributed by atoms with Crippen LogP contribution >= 0.6 is 0 Å². The molecular weight excluding hydrogens is 1370 g/mol. The standard InChI is InChI=1S/C106H72O6/c1-57-89(59-25-37-65(107-3)38-26-59)90(60-27-39-66(108-4)40-28-60)58(2)92-85-53-49-71(75-17-11-21-81(91(57)92)97(75)85)73-51-55-87-99-77(73)19-13-23-83(99)103-95(63-33-45-69(111-7)46-34-63)104-84-24-14-20-78-74(52-56-88(100(78)84)106(104)96(105(87)103)64-35-47-70(112-8)48-36-64)72-50-54-86-98-76(72)18-12-22-82(98)101-93(61-29-41-67(109-5)42-30-61)79-15-9-10-16-80(79)94(102(86)101)62-31-43-68(110-6)44-32-62/h9-56H,1-8H3. The molecule has 20 aromatic rings. The van der Waals surface area contributed by atoms with Crippen molar-refractivity contribution in [3.05, 3.63) is 302 Å². The maximum atomic E-state index is 5.96. The minimum Gasteiger partial charge on any atom is -0.497 e. The molecule has 0 saturated heterocycles. The molecule has 0 amide bonds. The van der Waals surface area contributed by atoms with Gasteiger partial charge in [0.15, 0.2) is 0 Å². The molecule has 0 aromatic heterocycles. The van der Waals surface area contributed by atoms with Crippen molar-refractivity contribution in [2.24, 2.45) is 0 Å². The van der Waals surface area contributed by atoms with E-state index in [2.05, 4.69) is 305 Å². The van der Waals surface area contributed by atoms with E-state index < -0.39 is 0 Å². The molecule has 0 heterocycles. The van der Waals surface area contributed by atoms with Crippen LogP contribution in [0.3, 0.4) is 0 Å². The van der Waals surface area contributed by atoms with Crippen molar-refractivity contribution < 1.29 is 28.4 Å². The van der Waals surface area contributed by atoms with Gasteiger partial charge in [-0.2, -0.15) is 0 Å². The minimum atomic E-state index is 0.807. The van der Waals surface area contributed by atoms with Gasteiger partial charge in [-0.05, 0) is 328 Å². The van der Waals surface area contributed by atoms with Crippen LogP contribution < -0.4 is 28.4 Å². The molecule has 112 heavy (non-hydrogen) atoms. The van der Waals surface area contributed by atoms with Gasteiger partial charge in [0.05, 0.1) is 42.7 Å². The Bertz CT molecular complexity index is 7090. The predicted octanol–water partition coefficient (Wildman–Crippen LogP) is 28.2. The fraction of sp³-hybridized carbons (Fsp3) is 0.0755. The number of benzene rings is 18. The average molecular weight is 1440 g/mol. The van der Waals surface area contributed by atoms with E-state index in [1.54, 1.807) is 42.7 Å². The van der Waals surface area contributed by atoms with Crippen molar-refractivity contribution in [2.75, 3.05) is 42.7 Å². The molecule has 6 heteroatoms. The third-order valence-corrected chi connectivity index (χ3v) is 24.9. The first-order valence-corrected chi connectivity index (χ1v) is 38.3. The number of rotatable bonds is 14. The Kier molecular flexibility index (Phi) is 14.4. The molecule has 6 nitrogen and oxygen atoms in total. The Labute approximate surface area is 648 Å². The maximum absolute atomic E-state index is 5.96. The molecule has 532 valence electrons. The third kappa shape index (κ3) is 9.09. The van der Waals surface area contributed by atoms with E-state index in [0.717, 1.165) is 67.9 Å². The van der Waals surface area contributed by atoms with E-state index in [1.807, 2.05) is 0 Å². The quantitative estimate of drug-likeness (QED) is 0.108. The van der Waals surface area contributed by atoms with Gasteiger partial charge < -0.3 is 28.4 Å². The third-order valence-electron chi connectivity index (χ3n) is 24.9. The molecule has 20 aromatic carbocycles. The summed E-state index contributed by atoms with van der Waals surface area (Å²) in [6, 6.07) is 108. The highest BCUT2D eigenvalue weighted by Crippen LogP contribution is 2.63. The first-order chi connectivity index (χ1) is 55.2. The Balaban J connectivity index is 0.783. The first kappa shape index (κ1) is 65.2. The summed E-state index contributed by atoms with van der Waals surface area (Å²) in [5, 5.41) is 22.0. The van der Waals surface area contributed by atoms with E-state index in [0.29, 0.717) is 0 Å². The van der Waals surface area contributed by atoms with Crippen molar-refractivity contribution in [3.8, 4) is 168 Å². The Hall–Kier alpha value is -13.9. The Morgan fingerprint density at radius 3 is 0.688 bits per heavy atom. The number of hydrogen-bond donors (Lipinski definition) is 0. The summed E-state index contributed by atoms with van der Waals surface area (Å²) in [5.74, 6) is 4.91. The molecule has 2 aliphatic rings. The normalized spacial score (nSPS) is 12.1. The van der Waals surface area contributed by atoms with Crippen LogP contribution in [-0.4, -0.2) is 42.7 Å². The summed E-state index contributed by atoms with van der Waals surface area (Å²) in [5.41, 5.74) is 31.3. The SMILES string of the molecule is COc1ccc(-c2c(C)c3c(c(C)c2-c2ccc(OC)cc2)-c2ccc(-c4ccc5c6c(-c7ccc(OC)cc7)c7c8ccc(-c9ccc%10c%11c(cccc9%11)-c9c-%10c(-c%10ccc(OC)cc%10)c%10ccccc%10c9-c9ccc(OC)cc9)c9cccc(c7c(-c7ccc(OC)cc7)c6c6cccc4c65)c98)c4cccc-3c24)cc1. The largest absolute Gasteiger partial charge is 0.497 e. The lowest BCUT2D eigenvalue weighted by Crippen LogP contribution is -1.98. The summed E-state index contributed by atoms with van der Waals surface area (Å²) >= 11 is 0. The second kappa shape index (κ2) is 24.8. The van der Waals surface area contributed by atoms with Crippen molar-refractivity contribution in [1.82, 2.24) is 0 Å². The molecule has 0 aliphatic heterocycles. The van der Waals surface area contributed by atoms with Gasteiger partial charge in [0.2, 0.25) is 0 Å². The van der Waals surface area contributed by atoms with E-state index in [9.17, 15) is 0 Å². The van der Waals surface area contributed by atoms with Crippen LogP contribution in [0.5, 0.6) is 34.5 Å². The van der Waals surface area contributed by atoms with Crippen LogP contribution in [0.4, 0.5) is 0 Å². The second-order valence-electron chi connectivity index (χ2n) is 30.0. The fourth-order valence-corrected chi connectivity index (χ4v) is 20.2. The van der Waals surface area contributed by atoms with Crippen molar-refractivity contribution in [1.29, 1.82) is 0 Å². The predicted molar refractivity (Wildman–Crippen MR) is 468 cm³/mol. The van der Waals surface area contributed by atoms with Crippen molar-refractivity contribution in [3.63, 3.8) is 0 Å². The lowest BCUT2D eigenvalue weighted by molar-refractivity contribution is 0.414. The fourth-order valence-electron chi connectivity index (χ4n) is 20.2. The van der Waals surface area contributed by atoms with Crippen LogP contribution in [0, 0.1) is 13.8 Å². The van der Waals surface area contributed by atoms with Gasteiger partial charge in [0.1, 0.15) is 34.5 Å². The van der Waals surface area contributed by atoms with Crippen LogP contribution in [0.25, 0.3) is 230 Å². The number of fused-ring (bicyclic) bond motifs is 13. The lowest BCUT2D eigenvalue weighted by Gasteiger charge is -2.22.